The van der Waals surface area contributed by atoms with Crippen molar-refractivity contribution in [3.63, 3.8) is 0 Å². The molecule has 1 aliphatic carbocycles. The van der Waals surface area contributed by atoms with Crippen LogP contribution in [0.2, 0.25) is 0 Å². The molecule has 1 aromatic carbocycles. The first-order chi connectivity index (χ1) is 15.0. The Balaban J connectivity index is 1.72. The maximum atomic E-state index is 14.0. The van der Waals surface area contributed by atoms with Crippen LogP contribution < -0.4 is 0 Å². The number of carbonyl (C=O) groups excluding carboxylic acids is 1. The minimum absolute atomic E-state index is 0.107. The smallest absolute Gasteiger partial charge is 0.248 e. The van der Waals surface area contributed by atoms with Crippen molar-refractivity contribution in [2.75, 3.05) is 31.9 Å². The second-order valence-corrected chi connectivity index (χ2v) is 11.3. The Kier molecular flexibility index (Phi) is 7.72. The SMILES string of the molecule is CCCS(=O)(=O)N1CCN(C2(CCC(=O)c3ccc(F)cc3C)CCC(F)(F)CC2)CC1. The Hall–Kier alpha value is -1.45. The molecule has 0 unspecified atom stereocenters. The summed E-state index contributed by atoms with van der Waals surface area (Å²) in [5, 5.41) is 0. The van der Waals surface area contributed by atoms with Gasteiger partial charge in [-0.05, 0) is 56.4 Å². The lowest BCUT2D eigenvalue weighted by atomic mass is 9.74. The van der Waals surface area contributed by atoms with Gasteiger partial charge in [-0.3, -0.25) is 9.69 Å². The van der Waals surface area contributed by atoms with E-state index < -0.39 is 27.3 Å². The van der Waals surface area contributed by atoms with Crippen LogP contribution in [-0.2, 0) is 10.0 Å². The Bertz CT molecular complexity index is 918. The second kappa shape index (κ2) is 9.81. The van der Waals surface area contributed by atoms with Gasteiger partial charge in [0.25, 0.3) is 0 Å². The molecule has 2 aliphatic rings. The lowest BCUT2D eigenvalue weighted by Gasteiger charge is -2.51. The Labute approximate surface area is 189 Å². The summed E-state index contributed by atoms with van der Waals surface area (Å²) in [7, 11) is -3.29. The lowest BCUT2D eigenvalue weighted by molar-refractivity contribution is -0.0891. The molecule has 1 saturated heterocycles. The predicted octanol–water partition coefficient (Wildman–Crippen LogP) is 4.40. The Morgan fingerprint density at radius 3 is 2.25 bits per heavy atom. The molecule has 1 saturated carbocycles. The molecule has 1 heterocycles. The molecular weight excluding hydrogens is 441 g/mol. The molecule has 0 amide bonds. The largest absolute Gasteiger partial charge is 0.295 e. The number of ketones is 1. The van der Waals surface area contributed by atoms with Crippen LogP contribution in [0.5, 0.6) is 0 Å². The fraction of sp³-hybridized carbons (Fsp3) is 0.696. The molecule has 0 radical (unpaired) electrons. The lowest BCUT2D eigenvalue weighted by Crippen LogP contribution is -2.60. The van der Waals surface area contributed by atoms with Gasteiger partial charge in [0.05, 0.1) is 5.75 Å². The second-order valence-electron chi connectivity index (χ2n) is 9.16. The number of halogens is 3. The van der Waals surface area contributed by atoms with E-state index in [0.29, 0.717) is 50.1 Å². The van der Waals surface area contributed by atoms with Crippen molar-refractivity contribution in [2.45, 2.75) is 70.3 Å². The monoisotopic (exact) mass is 474 g/mol. The molecule has 2 fully saturated rings. The van der Waals surface area contributed by atoms with E-state index in [4.69, 9.17) is 0 Å². The summed E-state index contributed by atoms with van der Waals surface area (Å²) >= 11 is 0. The number of aryl methyl sites for hydroxylation is 1. The van der Waals surface area contributed by atoms with Gasteiger partial charge in [-0.1, -0.05) is 6.92 Å². The van der Waals surface area contributed by atoms with Crippen LogP contribution in [0.25, 0.3) is 0 Å². The van der Waals surface area contributed by atoms with Gasteiger partial charge < -0.3 is 0 Å². The number of benzene rings is 1. The van der Waals surface area contributed by atoms with Gasteiger partial charge in [-0.2, -0.15) is 4.31 Å². The molecule has 180 valence electrons. The Morgan fingerprint density at radius 2 is 1.69 bits per heavy atom. The number of hydrogen-bond donors (Lipinski definition) is 0. The maximum absolute atomic E-state index is 14.0. The van der Waals surface area contributed by atoms with Gasteiger partial charge in [-0.25, -0.2) is 21.6 Å². The molecule has 1 aliphatic heterocycles. The van der Waals surface area contributed by atoms with E-state index in [0.717, 1.165) is 0 Å². The highest BCUT2D eigenvalue weighted by molar-refractivity contribution is 7.89. The summed E-state index contributed by atoms with van der Waals surface area (Å²) in [6.45, 7) is 5.13. The number of Topliss-reactive ketones (excluding diaryl/α,β-unsaturated/α-hetero) is 1. The van der Waals surface area contributed by atoms with Crippen LogP contribution >= 0.6 is 0 Å². The summed E-state index contributed by atoms with van der Waals surface area (Å²) in [5.74, 6) is -3.12. The first kappa shape index (κ1) is 25.2. The third-order valence-corrected chi connectivity index (χ3v) is 9.06. The average Bonchev–Trinajstić information content (AvgIpc) is 2.73. The summed E-state index contributed by atoms with van der Waals surface area (Å²) in [6, 6.07) is 4.05. The number of carbonyl (C=O) groups is 1. The minimum Gasteiger partial charge on any atom is -0.295 e. The van der Waals surface area contributed by atoms with E-state index in [1.165, 1.54) is 22.5 Å². The molecule has 3 rings (SSSR count). The molecule has 5 nitrogen and oxygen atoms in total. The average molecular weight is 475 g/mol. The highest BCUT2D eigenvalue weighted by atomic mass is 32.2. The summed E-state index contributed by atoms with van der Waals surface area (Å²) in [6.07, 6.45) is 1.25. The number of sulfonamides is 1. The standard InChI is InChI=1S/C23H33F3N2O3S/c1-3-16-32(30,31)28-14-12-27(13-15-28)22(8-10-23(25,26)11-9-22)7-6-21(29)20-5-4-19(24)17-18(20)2/h4-5,17H,3,6-16H2,1-2H3. The van der Waals surface area contributed by atoms with Crippen LogP contribution in [0.4, 0.5) is 13.2 Å². The molecule has 0 spiro atoms. The van der Waals surface area contributed by atoms with Gasteiger partial charge in [0.15, 0.2) is 5.78 Å². The van der Waals surface area contributed by atoms with E-state index in [1.54, 1.807) is 6.92 Å². The first-order valence-corrected chi connectivity index (χ1v) is 13.0. The topological polar surface area (TPSA) is 57.7 Å². The quantitative estimate of drug-likeness (QED) is 0.524. The maximum Gasteiger partial charge on any atom is 0.248 e. The van der Waals surface area contributed by atoms with Crippen molar-refractivity contribution < 1.29 is 26.4 Å². The Morgan fingerprint density at radius 1 is 1.06 bits per heavy atom. The molecule has 0 atom stereocenters. The van der Waals surface area contributed by atoms with E-state index in [2.05, 4.69) is 4.90 Å². The van der Waals surface area contributed by atoms with Gasteiger partial charge in [0.1, 0.15) is 5.82 Å². The number of hydrogen-bond acceptors (Lipinski definition) is 4. The fourth-order valence-corrected chi connectivity index (χ4v) is 6.55. The molecule has 0 aromatic heterocycles. The fourth-order valence-electron chi connectivity index (χ4n) is 5.05. The van der Waals surface area contributed by atoms with Gasteiger partial charge in [0.2, 0.25) is 15.9 Å². The third kappa shape index (κ3) is 5.72. The molecule has 0 N–H and O–H groups in total. The molecular formula is C23H33F3N2O3S. The van der Waals surface area contributed by atoms with Crippen molar-refractivity contribution in [3.8, 4) is 0 Å². The van der Waals surface area contributed by atoms with Crippen molar-refractivity contribution >= 4 is 15.8 Å². The van der Waals surface area contributed by atoms with Crippen molar-refractivity contribution in [3.05, 3.63) is 35.1 Å². The van der Waals surface area contributed by atoms with Crippen LogP contribution in [0.3, 0.4) is 0 Å². The van der Waals surface area contributed by atoms with Gasteiger partial charge in [0, 0.05) is 56.5 Å². The van der Waals surface area contributed by atoms with Crippen LogP contribution in [0, 0.1) is 12.7 Å². The van der Waals surface area contributed by atoms with Crippen LogP contribution in [0.15, 0.2) is 18.2 Å². The predicted molar refractivity (Wildman–Crippen MR) is 118 cm³/mol. The highest BCUT2D eigenvalue weighted by Gasteiger charge is 2.47. The summed E-state index contributed by atoms with van der Waals surface area (Å²) < 4.78 is 67.6. The zero-order chi connectivity index (χ0) is 23.6. The van der Waals surface area contributed by atoms with Gasteiger partial charge >= 0.3 is 0 Å². The molecule has 1 aromatic rings. The summed E-state index contributed by atoms with van der Waals surface area (Å²) in [5.41, 5.74) is 0.471. The van der Waals surface area contributed by atoms with E-state index >= 15 is 0 Å². The van der Waals surface area contributed by atoms with E-state index in [9.17, 15) is 26.4 Å². The van der Waals surface area contributed by atoms with Crippen LogP contribution in [-0.4, -0.2) is 66.8 Å². The third-order valence-electron chi connectivity index (χ3n) is 6.98. The van der Waals surface area contributed by atoms with Crippen molar-refractivity contribution in [1.29, 1.82) is 0 Å². The number of nitrogens with zero attached hydrogens (tertiary/aromatic N) is 2. The van der Waals surface area contributed by atoms with Crippen LogP contribution in [0.1, 0.15) is 67.8 Å². The normalized spacial score (nSPS) is 22.0. The van der Waals surface area contributed by atoms with Gasteiger partial charge in [-0.15, -0.1) is 0 Å². The minimum atomic E-state index is -3.29. The highest BCUT2D eigenvalue weighted by Crippen LogP contribution is 2.44. The molecule has 9 heteroatoms. The summed E-state index contributed by atoms with van der Waals surface area (Å²) in [4.78, 5) is 15.0. The van der Waals surface area contributed by atoms with E-state index in [1.807, 2.05) is 6.92 Å². The number of alkyl halides is 2. The number of rotatable bonds is 8. The van der Waals surface area contributed by atoms with Crippen molar-refractivity contribution in [1.82, 2.24) is 9.21 Å². The van der Waals surface area contributed by atoms with E-state index in [-0.39, 0.29) is 43.6 Å². The van der Waals surface area contributed by atoms with Crippen molar-refractivity contribution in [2.24, 2.45) is 0 Å². The first-order valence-electron chi connectivity index (χ1n) is 11.4. The number of piperazine rings is 1. The molecule has 32 heavy (non-hydrogen) atoms. The zero-order valence-corrected chi connectivity index (χ0v) is 19.7. The zero-order valence-electron chi connectivity index (χ0n) is 18.9. The molecule has 0 bridgehead atoms.